The Balaban J connectivity index is 2.09. The molecule has 1 saturated heterocycles. The Morgan fingerprint density at radius 1 is 1.00 bits per heavy atom. The smallest absolute Gasteiger partial charge is 0.258 e. The van der Waals surface area contributed by atoms with E-state index in [1.807, 2.05) is 0 Å². The molecule has 1 aromatic carbocycles. The minimum absolute atomic E-state index is 0.0433. The van der Waals surface area contributed by atoms with Crippen LogP contribution in [0, 0.1) is 24.0 Å². The molecule has 0 amide bonds. The number of aromatic nitrogens is 2. The van der Waals surface area contributed by atoms with Gasteiger partial charge in [0.2, 0.25) is 10.0 Å². The standard InChI is InChI=1S/C17H22N4O6S2/c1-13-17(29(26,27)19-10-5-3-4-6-11-19)14(2)20(18-13)28(24,25)16-9-7-8-15(12-16)21(22)23/h7-9,12H,3-6,10-11H2,1-2H3. The summed E-state index contributed by atoms with van der Waals surface area (Å²) in [5, 5.41) is 15.0. The van der Waals surface area contributed by atoms with Crippen LogP contribution >= 0.6 is 0 Å². The second-order valence-corrected chi connectivity index (χ2v) is 10.6. The Morgan fingerprint density at radius 2 is 1.62 bits per heavy atom. The van der Waals surface area contributed by atoms with Gasteiger partial charge < -0.3 is 0 Å². The molecule has 0 bridgehead atoms. The van der Waals surface area contributed by atoms with Crippen LogP contribution in [0.2, 0.25) is 0 Å². The van der Waals surface area contributed by atoms with Crippen molar-refractivity contribution in [1.29, 1.82) is 0 Å². The van der Waals surface area contributed by atoms with Crippen molar-refractivity contribution in [3.05, 3.63) is 45.8 Å². The first kappa shape index (κ1) is 21.4. The Morgan fingerprint density at radius 3 is 2.21 bits per heavy atom. The van der Waals surface area contributed by atoms with Crippen molar-refractivity contribution < 1.29 is 21.8 Å². The van der Waals surface area contributed by atoms with Crippen LogP contribution in [0.3, 0.4) is 0 Å². The van der Waals surface area contributed by atoms with E-state index in [9.17, 15) is 26.9 Å². The van der Waals surface area contributed by atoms with Gasteiger partial charge in [-0.15, -0.1) is 0 Å². The molecule has 12 heteroatoms. The van der Waals surface area contributed by atoms with Crippen LogP contribution in [0.15, 0.2) is 34.1 Å². The van der Waals surface area contributed by atoms with E-state index in [-0.39, 0.29) is 26.9 Å². The molecule has 2 aromatic rings. The molecule has 10 nitrogen and oxygen atoms in total. The van der Waals surface area contributed by atoms with Crippen molar-refractivity contribution in [3.8, 4) is 0 Å². The number of rotatable bonds is 5. The molecule has 1 aromatic heterocycles. The molecular weight excluding hydrogens is 420 g/mol. The quantitative estimate of drug-likeness (QED) is 0.512. The van der Waals surface area contributed by atoms with Gasteiger partial charge in [-0.05, 0) is 32.8 Å². The van der Waals surface area contributed by atoms with Gasteiger partial charge in [0.15, 0.2) is 0 Å². The van der Waals surface area contributed by atoms with Gasteiger partial charge in [-0.2, -0.15) is 21.9 Å². The zero-order valence-electron chi connectivity index (χ0n) is 16.1. The Labute approximate surface area is 169 Å². The van der Waals surface area contributed by atoms with Crippen molar-refractivity contribution in [3.63, 3.8) is 0 Å². The van der Waals surface area contributed by atoms with Gasteiger partial charge in [0, 0.05) is 25.2 Å². The molecule has 158 valence electrons. The number of nitro groups is 1. The first-order chi connectivity index (χ1) is 13.6. The molecule has 29 heavy (non-hydrogen) atoms. The van der Waals surface area contributed by atoms with Gasteiger partial charge in [-0.1, -0.05) is 18.9 Å². The summed E-state index contributed by atoms with van der Waals surface area (Å²) in [5.41, 5.74) is -0.357. The van der Waals surface area contributed by atoms with Crippen molar-refractivity contribution in [2.24, 2.45) is 0 Å². The van der Waals surface area contributed by atoms with Gasteiger partial charge in [0.25, 0.3) is 15.7 Å². The maximum Gasteiger partial charge on any atom is 0.283 e. The summed E-state index contributed by atoms with van der Waals surface area (Å²) in [6, 6.07) is 4.57. The lowest BCUT2D eigenvalue weighted by Gasteiger charge is -2.20. The summed E-state index contributed by atoms with van der Waals surface area (Å²) >= 11 is 0. The zero-order valence-corrected chi connectivity index (χ0v) is 17.7. The van der Waals surface area contributed by atoms with Crippen LogP contribution in [0.4, 0.5) is 5.69 Å². The van der Waals surface area contributed by atoms with E-state index in [4.69, 9.17) is 0 Å². The van der Waals surface area contributed by atoms with E-state index >= 15 is 0 Å². The van der Waals surface area contributed by atoms with Crippen LogP contribution in [0.1, 0.15) is 37.1 Å². The number of hydrogen-bond donors (Lipinski definition) is 0. The number of aryl methyl sites for hydroxylation is 1. The van der Waals surface area contributed by atoms with Crippen LogP contribution < -0.4 is 0 Å². The summed E-state index contributed by atoms with van der Waals surface area (Å²) in [4.78, 5) is 9.81. The van der Waals surface area contributed by atoms with E-state index in [1.54, 1.807) is 0 Å². The molecular formula is C17H22N4O6S2. The van der Waals surface area contributed by atoms with Gasteiger partial charge >= 0.3 is 0 Å². The number of sulfonamides is 1. The summed E-state index contributed by atoms with van der Waals surface area (Å²) in [7, 11) is -8.22. The van der Waals surface area contributed by atoms with Crippen molar-refractivity contribution in [2.75, 3.05) is 13.1 Å². The Kier molecular flexibility index (Phi) is 5.79. The molecule has 1 aliphatic rings. The number of non-ortho nitro benzene ring substituents is 1. The summed E-state index contributed by atoms with van der Waals surface area (Å²) in [6.45, 7) is 3.57. The fourth-order valence-electron chi connectivity index (χ4n) is 3.48. The summed E-state index contributed by atoms with van der Waals surface area (Å²) in [6.07, 6.45) is 3.39. The summed E-state index contributed by atoms with van der Waals surface area (Å²) in [5.74, 6) is 0. The van der Waals surface area contributed by atoms with Gasteiger partial charge in [0.05, 0.1) is 21.2 Å². The number of benzene rings is 1. The predicted octanol–water partition coefficient (Wildman–Crippen LogP) is 2.21. The van der Waals surface area contributed by atoms with Crippen LogP contribution in [-0.2, 0) is 20.0 Å². The van der Waals surface area contributed by atoms with Crippen LogP contribution in [-0.4, -0.2) is 48.3 Å². The molecule has 1 fully saturated rings. The topological polar surface area (TPSA) is 132 Å². The Bertz CT molecular complexity index is 1150. The normalized spacial score (nSPS) is 16.5. The molecule has 0 atom stereocenters. The SMILES string of the molecule is Cc1nn(S(=O)(=O)c2cccc([N+](=O)[O-])c2)c(C)c1S(=O)(=O)N1CCCCCC1. The predicted molar refractivity (Wildman–Crippen MR) is 105 cm³/mol. The highest BCUT2D eigenvalue weighted by Crippen LogP contribution is 2.28. The van der Waals surface area contributed by atoms with Crippen molar-refractivity contribution in [1.82, 2.24) is 13.5 Å². The average Bonchev–Trinajstić information content (AvgIpc) is 2.85. The first-order valence-electron chi connectivity index (χ1n) is 9.13. The average molecular weight is 443 g/mol. The molecule has 1 aliphatic heterocycles. The second kappa shape index (κ2) is 7.84. The van der Waals surface area contributed by atoms with Crippen molar-refractivity contribution >= 4 is 25.7 Å². The van der Waals surface area contributed by atoms with E-state index in [2.05, 4.69) is 5.10 Å². The number of nitrogens with zero attached hydrogens (tertiary/aromatic N) is 4. The molecule has 0 unspecified atom stereocenters. The van der Waals surface area contributed by atoms with E-state index in [1.165, 1.54) is 36.4 Å². The van der Waals surface area contributed by atoms with E-state index in [0.29, 0.717) is 17.2 Å². The lowest BCUT2D eigenvalue weighted by Crippen LogP contribution is -2.32. The van der Waals surface area contributed by atoms with Gasteiger partial charge in [-0.25, -0.2) is 8.42 Å². The molecule has 0 spiro atoms. The minimum atomic E-state index is -4.31. The highest BCUT2D eigenvalue weighted by molar-refractivity contribution is 7.90. The monoisotopic (exact) mass is 442 g/mol. The molecule has 0 saturated carbocycles. The number of nitro benzene ring substituents is 1. The zero-order chi connectivity index (χ0) is 21.4. The lowest BCUT2D eigenvalue weighted by atomic mass is 10.2. The number of hydrogen-bond acceptors (Lipinski definition) is 7. The highest BCUT2D eigenvalue weighted by Gasteiger charge is 2.34. The molecule has 0 aliphatic carbocycles. The summed E-state index contributed by atoms with van der Waals surface area (Å²) < 4.78 is 54.4. The largest absolute Gasteiger partial charge is 0.283 e. The third-order valence-corrected chi connectivity index (χ3v) is 8.71. The molecule has 0 radical (unpaired) electrons. The van der Waals surface area contributed by atoms with E-state index < -0.39 is 25.0 Å². The van der Waals surface area contributed by atoms with Gasteiger partial charge in [-0.3, -0.25) is 10.1 Å². The van der Waals surface area contributed by atoms with Gasteiger partial charge in [0.1, 0.15) is 4.90 Å². The third-order valence-electron chi connectivity index (χ3n) is 4.90. The maximum absolute atomic E-state index is 13.2. The maximum atomic E-state index is 13.2. The van der Waals surface area contributed by atoms with Crippen molar-refractivity contribution in [2.45, 2.75) is 49.3 Å². The second-order valence-electron chi connectivity index (χ2n) is 6.92. The molecule has 0 N–H and O–H groups in total. The fraction of sp³-hybridized carbons (Fsp3) is 0.471. The van der Waals surface area contributed by atoms with Crippen LogP contribution in [0.5, 0.6) is 0 Å². The lowest BCUT2D eigenvalue weighted by molar-refractivity contribution is -0.385. The highest BCUT2D eigenvalue weighted by atomic mass is 32.2. The first-order valence-corrected chi connectivity index (χ1v) is 12.0. The van der Waals surface area contributed by atoms with Crippen LogP contribution in [0.25, 0.3) is 0 Å². The molecule has 2 heterocycles. The molecule has 3 rings (SSSR count). The third kappa shape index (κ3) is 3.91. The van der Waals surface area contributed by atoms with E-state index in [0.717, 1.165) is 31.7 Å². The minimum Gasteiger partial charge on any atom is -0.258 e. The Hall–Kier alpha value is -2.31. The fourth-order valence-corrected chi connectivity index (χ4v) is 6.81.